The van der Waals surface area contributed by atoms with Crippen LogP contribution >= 0.6 is 0 Å². The van der Waals surface area contributed by atoms with Crippen molar-refractivity contribution in [3.05, 3.63) is 59.4 Å². The first-order valence-electron chi connectivity index (χ1n) is 7.00. The van der Waals surface area contributed by atoms with Crippen molar-refractivity contribution in [2.24, 2.45) is 0 Å². The zero-order valence-corrected chi connectivity index (χ0v) is 12.4. The van der Waals surface area contributed by atoms with Crippen molar-refractivity contribution in [3.63, 3.8) is 0 Å². The van der Waals surface area contributed by atoms with Crippen LogP contribution < -0.4 is 9.47 Å². The molecule has 0 aliphatic carbocycles. The van der Waals surface area contributed by atoms with E-state index in [2.05, 4.69) is 0 Å². The summed E-state index contributed by atoms with van der Waals surface area (Å²) in [5, 5.41) is 8.96. The molecule has 4 nitrogen and oxygen atoms in total. The van der Waals surface area contributed by atoms with Crippen LogP contribution in [0.5, 0.6) is 17.2 Å². The highest BCUT2D eigenvalue weighted by molar-refractivity contribution is 5.95. The lowest BCUT2D eigenvalue weighted by molar-refractivity contribution is -0.187. The molecule has 1 heterocycles. The second kappa shape index (κ2) is 6.12. The summed E-state index contributed by atoms with van der Waals surface area (Å²) in [6, 6.07) is 9.39. The number of hydrogen-bond donors (Lipinski definition) is 1. The van der Waals surface area contributed by atoms with Gasteiger partial charge in [0.05, 0.1) is 5.57 Å². The van der Waals surface area contributed by atoms with Crippen LogP contribution in [-0.4, -0.2) is 23.4 Å². The van der Waals surface area contributed by atoms with Crippen LogP contribution in [0.4, 0.5) is 17.6 Å². The van der Waals surface area contributed by atoms with Gasteiger partial charge in [-0.25, -0.2) is 9.18 Å². The van der Waals surface area contributed by atoms with Gasteiger partial charge in [0, 0.05) is 11.6 Å². The smallest absolute Gasteiger partial charge is 0.430 e. The Morgan fingerprint density at radius 1 is 1.16 bits per heavy atom. The lowest BCUT2D eigenvalue weighted by Gasteiger charge is -2.27. The molecule has 1 atom stereocenters. The molecule has 1 aliphatic rings. The Hall–Kier alpha value is -3.03. The van der Waals surface area contributed by atoms with Gasteiger partial charge in [0.1, 0.15) is 11.5 Å². The summed E-state index contributed by atoms with van der Waals surface area (Å²) < 4.78 is 62.8. The highest BCUT2D eigenvalue weighted by atomic mass is 19.4. The molecule has 2 aromatic carbocycles. The van der Waals surface area contributed by atoms with E-state index in [0.717, 1.165) is 12.1 Å². The number of para-hydroxylation sites is 1. The number of ether oxygens (including phenoxy) is 2. The van der Waals surface area contributed by atoms with Gasteiger partial charge in [0.15, 0.2) is 11.6 Å². The third-order valence-corrected chi connectivity index (χ3v) is 3.43. The predicted molar refractivity (Wildman–Crippen MR) is 79.0 cm³/mol. The predicted octanol–water partition coefficient (Wildman–Crippen LogP) is 4.41. The number of carbonyl (C=O) groups is 1. The van der Waals surface area contributed by atoms with Crippen molar-refractivity contribution < 1.29 is 36.9 Å². The Morgan fingerprint density at radius 2 is 1.88 bits per heavy atom. The van der Waals surface area contributed by atoms with E-state index in [0.29, 0.717) is 0 Å². The Kier molecular flexibility index (Phi) is 4.12. The first kappa shape index (κ1) is 16.8. The Bertz CT molecular complexity index is 858. The molecular weight excluding hydrogens is 344 g/mol. The maximum absolute atomic E-state index is 13.6. The lowest BCUT2D eigenvalue weighted by atomic mass is 10.0. The van der Waals surface area contributed by atoms with Crippen LogP contribution in [0.2, 0.25) is 0 Å². The summed E-state index contributed by atoms with van der Waals surface area (Å²) in [6.45, 7) is 0. The molecule has 2 aromatic rings. The molecule has 0 radical (unpaired) electrons. The molecule has 0 saturated heterocycles. The summed E-state index contributed by atoms with van der Waals surface area (Å²) >= 11 is 0. The van der Waals surface area contributed by atoms with Gasteiger partial charge >= 0.3 is 12.1 Å². The van der Waals surface area contributed by atoms with Crippen LogP contribution in [0.1, 0.15) is 5.56 Å². The van der Waals surface area contributed by atoms with Gasteiger partial charge < -0.3 is 14.6 Å². The summed E-state index contributed by atoms with van der Waals surface area (Å²) in [4.78, 5) is 11.1. The topological polar surface area (TPSA) is 55.8 Å². The molecule has 25 heavy (non-hydrogen) atoms. The first-order valence-corrected chi connectivity index (χ1v) is 7.00. The standard InChI is InChI=1S/C17H10F4O4/c18-12-3-1-2-4-13(12)24-10-6-5-9-7-11(16(22)23)15(17(19,20)21)25-14(9)8-10/h1-8,15H,(H,22,23). The maximum atomic E-state index is 13.6. The van der Waals surface area contributed by atoms with Crippen molar-refractivity contribution in [2.45, 2.75) is 12.3 Å². The molecule has 0 aromatic heterocycles. The molecule has 1 N–H and O–H groups in total. The van der Waals surface area contributed by atoms with E-state index >= 15 is 0 Å². The van der Waals surface area contributed by atoms with Crippen molar-refractivity contribution >= 4 is 12.0 Å². The normalized spacial score (nSPS) is 16.5. The minimum absolute atomic E-state index is 0.0527. The third kappa shape index (κ3) is 3.42. The summed E-state index contributed by atoms with van der Waals surface area (Å²) in [7, 11) is 0. The first-order chi connectivity index (χ1) is 11.8. The summed E-state index contributed by atoms with van der Waals surface area (Å²) in [6.07, 6.45) is -6.60. The Labute approximate surface area is 138 Å². The van der Waals surface area contributed by atoms with Gasteiger partial charge in [-0.05, 0) is 30.3 Å². The molecule has 0 fully saturated rings. The quantitative estimate of drug-likeness (QED) is 0.830. The maximum Gasteiger partial charge on any atom is 0.430 e. The van der Waals surface area contributed by atoms with Crippen molar-refractivity contribution in [3.8, 4) is 17.2 Å². The van der Waals surface area contributed by atoms with E-state index in [1.165, 1.54) is 36.4 Å². The summed E-state index contributed by atoms with van der Waals surface area (Å²) in [5.41, 5.74) is -0.762. The zero-order valence-electron chi connectivity index (χ0n) is 12.4. The fourth-order valence-corrected chi connectivity index (χ4v) is 2.30. The molecule has 130 valence electrons. The highest BCUT2D eigenvalue weighted by Crippen LogP contribution is 2.39. The van der Waals surface area contributed by atoms with E-state index in [1.807, 2.05) is 0 Å². The average Bonchev–Trinajstić information content (AvgIpc) is 2.55. The Morgan fingerprint density at radius 3 is 2.52 bits per heavy atom. The molecule has 0 amide bonds. The number of hydrogen-bond acceptors (Lipinski definition) is 3. The molecule has 0 bridgehead atoms. The minimum Gasteiger partial charge on any atom is -0.478 e. The fourth-order valence-electron chi connectivity index (χ4n) is 2.30. The van der Waals surface area contributed by atoms with E-state index < -0.39 is 29.6 Å². The molecule has 0 saturated carbocycles. The monoisotopic (exact) mass is 354 g/mol. The van der Waals surface area contributed by atoms with Crippen LogP contribution in [-0.2, 0) is 4.79 Å². The molecule has 1 aliphatic heterocycles. The number of alkyl halides is 3. The molecular formula is C17H10F4O4. The largest absolute Gasteiger partial charge is 0.478 e. The zero-order chi connectivity index (χ0) is 18.2. The minimum atomic E-state index is -4.90. The molecule has 8 heteroatoms. The number of carboxylic acid groups (broad SMARTS) is 1. The van der Waals surface area contributed by atoms with Crippen molar-refractivity contribution in [2.75, 3.05) is 0 Å². The van der Waals surface area contributed by atoms with Gasteiger partial charge in [-0.1, -0.05) is 12.1 Å². The van der Waals surface area contributed by atoms with Gasteiger partial charge in [-0.15, -0.1) is 0 Å². The number of benzene rings is 2. The van der Waals surface area contributed by atoms with E-state index in [9.17, 15) is 22.4 Å². The molecule has 3 rings (SSSR count). The van der Waals surface area contributed by atoms with Crippen LogP contribution in [0.3, 0.4) is 0 Å². The van der Waals surface area contributed by atoms with Crippen molar-refractivity contribution in [1.29, 1.82) is 0 Å². The van der Waals surface area contributed by atoms with Crippen LogP contribution in [0.25, 0.3) is 6.08 Å². The van der Waals surface area contributed by atoms with E-state index in [4.69, 9.17) is 14.6 Å². The molecule has 1 unspecified atom stereocenters. The van der Waals surface area contributed by atoms with Gasteiger partial charge in [-0.3, -0.25) is 0 Å². The number of fused-ring (bicyclic) bond motifs is 1. The van der Waals surface area contributed by atoms with Crippen LogP contribution in [0, 0.1) is 5.82 Å². The number of rotatable bonds is 3. The van der Waals surface area contributed by atoms with Gasteiger partial charge in [0.25, 0.3) is 0 Å². The van der Waals surface area contributed by atoms with Gasteiger partial charge in [0.2, 0.25) is 6.10 Å². The average molecular weight is 354 g/mol. The van der Waals surface area contributed by atoms with Crippen LogP contribution in [0.15, 0.2) is 48.0 Å². The van der Waals surface area contributed by atoms with Gasteiger partial charge in [-0.2, -0.15) is 13.2 Å². The Balaban J connectivity index is 1.96. The SMILES string of the molecule is O=C(O)C1=Cc2ccc(Oc3ccccc3F)cc2OC1C(F)(F)F. The second-order valence-corrected chi connectivity index (χ2v) is 5.18. The molecule has 0 spiro atoms. The fraction of sp³-hybridized carbons (Fsp3) is 0.118. The highest BCUT2D eigenvalue weighted by Gasteiger charge is 2.48. The summed E-state index contributed by atoms with van der Waals surface area (Å²) in [5.74, 6) is -2.62. The lowest BCUT2D eigenvalue weighted by Crippen LogP contribution is -2.40. The second-order valence-electron chi connectivity index (χ2n) is 5.18. The van der Waals surface area contributed by atoms with E-state index in [-0.39, 0.29) is 22.8 Å². The van der Waals surface area contributed by atoms with Crippen molar-refractivity contribution in [1.82, 2.24) is 0 Å². The number of carboxylic acids is 1. The number of halogens is 4. The number of aliphatic carboxylic acids is 1. The van der Waals surface area contributed by atoms with E-state index in [1.54, 1.807) is 0 Å². The third-order valence-electron chi connectivity index (χ3n) is 3.43.